The monoisotopic (exact) mass is 316 g/mol. The minimum atomic E-state index is 0.532. The first-order valence-corrected chi connectivity index (χ1v) is 9.23. The minimum Gasteiger partial charge on any atom is -0.491 e. The fourth-order valence-electron chi connectivity index (χ4n) is 4.53. The van der Waals surface area contributed by atoms with Crippen LogP contribution in [-0.4, -0.2) is 30.8 Å². The second kappa shape index (κ2) is 6.78. The van der Waals surface area contributed by atoms with Gasteiger partial charge >= 0.3 is 0 Å². The molecule has 2 heterocycles. The van der Waals surface area contributed by atoms with Gasteiger partial charge in [0.2, 0.25) is 0 Å². The van der Waals surface area contributed by atoms with Crippen molar-refractivity contribution in [2.45, 2.75) is 57.5 Å². The van der Waals surface area contributed by atoms with E-state index in [-0.39, 0.29) is 0 Å². The summed E-state index contributed by atoms with van der Waals surface area (Å²) in [4.78, 5) is 4.24. The summed E-state index contributed by atoms with van der Waals surface area (Å²) < 4.78 is 11.5. The molecular formula is C19H28N2O2. The molecule has 126 valence electrons. The fraction of sp³-hybridized carbons (Fsp3) is 0.737. The average molecular weight is 316 g/mol. The number of pyridine rings is 1. The van der Waals surface area contributed by atoms with E-state index in [0.29, 0.717) is 17.4 Å². The summed E-state index contributed by atoms with van der Waals surface area (Å²) in [6.07, 6.45) is 13.3. The van der Waals surface area contributed by atoms with Gasteiger partial charge in [0.15, 0.2) is 0 Å². The standard InChI is InChI=1S/C19H28N2O2/c1-2-7-19(6-1)8-3-18(19)21-11-16-4-9-20-12-17(16)23-14-15-5-10-22-13-15/h4,9,12,15,18,21H,1-3,5-8,10-11,13-14H2. The van der Waals surface area contributed by atoms with Crippen LogP contribution in [0.25, 0.3) is 0 Å². The van der Waals surface area contributed by atoms with Crippen LogP contribution in [0.1, 0.15) is 50.5 Å². The maximum Gasteiger partial charge on any atom is 0.142 e. The van der Waals surface area contributed by atoms with Gasteiger partial charge in [-0.2, -0.15) is 0 Å². The molecule has 3 fully saturated rings. The Labute approximate surface area is 139 Å². The Morgan fingerprint density at radius 1 is 1.26 bits per heavy atom. The van der Waals surface area contributed by atoms with E-state index >= 15 is 0 Å². The molecule has 2 saturated carbocycles. The van der Waals surface area contributed by atoms with Crippen molar-refractivity contribution in [3.05, 3.63) is 24.0 Å². The number of rotatable bonds is 6. The predicted octanol–water partition coefficient (Wildman–Crippen LogP) is 3.31. The zero-order valence-corrected chi connectivity index (χ0v) is 13.9. The Morgan fingerprint density at radius 2 is 2.17 bits per heavy atom. The van der Waals surface area contributed by atoms with Crippen molar-refractivity contribution in [1.82, 2.24) is 10.3 Å². The number of ether oxygens (including phenoxy) is 2. The normalized spacial score (nSPS) is 28.9. The Balaban J connectivity index is 1.33. The van der Waals surface area contributed by atoms with Crippen LogP contribution in [0.3, 0.4) is 0 Å². The molecule has 1 N–H and O–H groups in total. The molecule has 0 bridgehead atoms. The van der Waals surface area contributed by atoms with Gasteiger partial charge < -0.3 is 14.8 Å². The van der Waals surface area contributed by atoms with Gasteiger partial charge in [-0.05, 0) is 43.6 Å². The molecule has 1 aromatic heterocycles. The van der Waals surface area contributed by atoms with E-state index in [1.54, 1.807) is 0 Å². The van der Waals surface area contributed by atoms with Gasteiger partial charge in [0.05, 0.1) is 19.4 Å². The molecule has 4 rings (SSSR count). The lowest BCUT2D eigenvalue weighted by molar-refractivity contribution is 0.0714. The molecule has 3 aliphatic rings. The molecule has 0 amide bonds. The zero-order valence-electron chi connectivity index (χ0n) is 13.9. The van der Waals surface area contributed by atoms with Gasteiger partial charge in [-0.15, -0.1) is 0 Å². The first-order chi connectivity index (χ1) is 11.4. The Hall–Kier alpha value is -1.13. The Morgan fingerprint density at radius 3 is 2.91 bits per heavy atom. The van der Waals surface area contributed by atoms with Gasteiger partial charge in [-0.25, -0.2) is 0 Å². The van der Waals surface area contributed by atoms with Crippen molar-refractivity contribution in [3.63, 3.8) is 0 Å². The van der Waals surface area contributed by atoms with Crippen LogP contribution in [0.4, 0.5) is 0 Å². The second-order valence-electron chi connectivity index (χ2n) is 7.57. The molecular weight excluding hydrogens is 288 g/mol. The molecule has 1 spiro atoms. The van der Waals surface area contributed by atoms with E-state index in [2.05, 4.69) is 16.4 Å². The third-order valence-corrected chi connectivity index (χ3v) is 6.18. The second-order valence-corrected chi connectivity index (χ2v) is 7.57. The molecule has 1 aliphatic heterocycles. The third-order valence-electron chi connectivity index (χ3n) is 6.18. The summed E-state index contributed by atoms with van der Waals surface area (Å²) in [5, 5.41) is 3.80. The lowest BCUT2D eigenvalue weighted by Crippen LogP contribution is -2.51. The first kappa shape index (κ1) is 15.4. The highest BCUT2D eigenvalue weighted by Gasteiger charge is 2.47. The fourth-order valence-corrected chi connectivity index (χ4v) is 4.53. The summed E-state index contributed by atoms with van der Waals surface area (Å²) in [6.45, 7) is 3.34. The van der Waals surface area contributed by atoms with Crippen LogP contribution in [0, 0.1) is 11.3 Å². The molecule has 2 aliphatic carbocycles. The number of aromatic nitrogens is 1. The topological polar surface area (TPSA) is 43.4 Å². The van der Waals surface area contributed by atoms with Gasteiger partial charge in [-0.3, -0.25) is 4.98 Å². The van der Waals surface area contributed by atoms with Crippen LogP contribution < -0.4 is 10.1 Å². The van der Waals surface area contributed by atoms with E-state index in [1.807, 2.05) is 12.4 Å². The van der Waals surface area contributed by atoms with E-state index < -0.39 is 0 Å². The zero-order chi connectivity index (χ0) is 15.5. The lowest BCUT2D eigenvalue weighted by atomic mass is 9.63. The highest BCUT2D eigenvalue weighted by Crippen LogP contribution is 2.53. The predicted molar refractivity (Wildman–Crippen MR) is 89.4 cm³/mol. The minimum absolute atomic E-state index is 0.532. The van der Waals surface area contributed by atoms with E-state index in [4.69, 9.17) is 9.47 Å². The number of nitrogens with one attached hydrogen (secondary N) is 1. The lowest BCUT2D eigenvalue weighted by Gasteiger charge is -2.48. The molecule has 1 aromatic rings. The van der Waals surface area contributed by atoms with E-state index in [1.165, 1.54) is 44.1 Å². The van der Waals surface area contributed by atoms with Crippen molar-refractivity contribution in [3.8, 4) is 5.75 Å². The van der Waals surface area contributed by atoms with Crippen molar-refractivity contribution < 1.29 is 9.47 Å². The van der Waals surface area contributed by atoms with Crippen LogP contribution >= 0.6 is 0 Å². The van der Waals surface area contributed by atoms with E-state index in [9.17, 15) is 0 Å². The molecule has 4 nitrogen and oxygen atoms in total. The third kappa shape index (κ3) is 3.24. The summed E-state index contributed by atoms with van der Waals surface area (Å²) in [7, 11) is 0. The van der Waals surface area contributed by atoms with Crippen LogP contribution in [0.5, 0.6) is 5.75 Å². The largest absolute Gasteiger partial charge is 0.491 e. The molecule has 2 atom stereocenters. The maximum atomic E-state index is 6.04. The summed E-state index contributed by atoms with van der Waals surface area (Å²) in [5.41, 5.74) is 1.86. The van der Waals surface area contributed by atoms with Gasteiger partial charge in [0.25, 0.3) is 0 Å². The molecule has 0 radical (unpaired) electrons. The molecule has 4 heteroatoms. The van der Waals surface area contributed by atoms with Gasteiger partial charge in [0, 0.05) is 36.9 Å². The average Bonchev–Trinajstić information content (AvgIpc) is 3.25. The van der Waals surface area contributed by atoms with Crippen LogP contribution in [0.2, 0.25) is 0 Å². The van der Waals surface area contributed by atoms with E-state index in [0.717, 1.165) is 38.5 Å². The molecule has 2 unspecified atom stereocenters. The van der Waals surface area contributed by atoms with Crippen LogP contribution in [-0.2, 0) is 11.3 Å². The summed E-state index contributed by atoms with van der Waals surface area (Å²) in [5.74, 6) is 1.47. The smallest absolute Gasteiger partial charge is 0.142 e. The van der Waals surface area contributed by atoms with Crippen LogP contribution in [0.15, 0.2) is 18.5 Å². The Bertz CT molecular complexity index is 522. The quantitative estimate of drug-likeness (QED) is 0.874. The highest BCUT2D eigenvalue weighted by atomic mass is 16.5. The summed E-state index contributed by atoms with van der Waals surface area (Å²) >= 11 is 0. The first-order valence-electron chi connectivity index (χ1n) is 9.23. The number of hydrogen-bond donors (Lipinski definition) is 1. The van der Waals surface area contributed by atoms with Gasteiger partial charge in [0.1, 0.15) is 5.75 Å². The number of nitrogens with zero attached hydrogens (tertiary/aromatic N) is 1. The van der Waals surface area contributed by atoms with Gasteiger partial charge in [-0.1, -0.05) is 12.8 Å². The van der Waals surface area contributed by atoms with Crippen molar-refractivity contribution in [1.29, 1.82) is 0 Å². The SMILES string of the molecule is c1cc(CNC2CCC23CCCC3)c(OCC2CCOC2)cn1. The molecule has 1 saturated heterocycles. The maximum absolute atomic E-state index is 6.04. The van der Waals surface area contributed by atoms with Crippen molar-refractivity contribution in [2.75, 3.05) is 19.8 Å². The number of hydrogen-bond acceptors (Lipinski definition) is 4. The molecule has 0 aromatic carbocycles. The van der Waals surface area contributed by atoms with Crippen molar-refractivity contribution in [2.24, 2.45) is 11.3 Å². The highest BCUT2D eigenvalue weighted by molar-refractivity contribution is 5.30. The van der Waals surface area contributed by atoms with Crippen molar-refractivity contribution >= 4 is 0 Å². The Kier molecular flexibility index (Phi) is 4.54. The summed E-state index contributed by atoms with van der Waals surface area (Å²) in [6, 6.07) is 2.79. The molecule has 23 heavy (non-hydrogen) atoms.